The highest BCUT2D eigenvalue weighted by molar-refractivity contribution is 9.10. The van der Waals surface area contributed by atoms with E-state index >= 15 is 0 Å². The van der Waals surface area contributed by atoms with Gasteiger partial charge in [0.25, 0.3) is 0 Å². The number of carbonyl (C=O) groups is 3. The Hall–Kier alpha value is -3.56. The number of thiazole rings is 1. The van der Waals surface area contributed by atoms with E-state index in [1.54, 1.807) is 24.3 Å². The number of halogens is 1. The summed E-state index contributed by atoms with van der Waals surface area (Å²) >= 11 is 5.47. The van der Waals surface area contributed by atoms with E-state index in [4.69, 9.17) is 5.14 Å². The van der Waals surface area contributed by atoms with Crippen LogP contribution in [0.2, 0.25) is 0 Å². The lowest BCUT2D eigenvalue weighted by Crippen LogP contribution is -2.33. The molecular weight excluding hydrogens is 664 g/mol. The maximum atomic E-state index is 13.9. The van der Waals surface area contributed by atoms with Crippen LogP contribution >= 0.6 is 39.0 Å². The van der Waals surface area contributed by atoms with E-state index in [1.807, 2.05) is 30.3 Å². The van der Waals surface area contributed by atoms with Crippen LogP contribution < -0.4 is 20.2 Å². The minimum Gasteiger partial charge on any atom is -0.325 e. The Morgan fingerprint density at radius 3 is 2.24 bits per heavy atom. The Labute approximate surface area is 256 Å². The number of hydrogen-bond donors (Lipinski definition) is 2. The molecule has 2 unspecified atom stereocenters. The van der Waals surface area contributed by atoms with Crippen LogP contribution in [0.5, 0.6) is 0 Å². The lowest BCUT2D eigenvalue weighted by atomic mass is 9.83. The molecule has 0 saturated carbocycles. The predicted octanol–water partition coefficient (Wildman–Crippen LogP) is 3.75. The molecule has 42 heavy (non-hydrogen) atoms. The topological polar surface area (TPSA) is 149 Å². The molecule has 1 fully saturated rings. The molecule has 0 aliphatic carbocycles. The molecule has 4 aromatic rings. The third kappa shape index (κ3) is 5.13. The smallest absolute Gasteiger partial charge is 0.308 e. The predicted molar refractivity (Wildman–Crippen MR) is 163 cm³/mol. The quantitative estimate of drug-likeness (QED) is 0.294. The van der Waals surface area contributed by atoms with Gasteiger partial charge in [-0.2, -0.15) is 0 Å². The van der Waals surface area contributed by atoms with Crippen molar-refractivity contribution in [1.82, 2.24) is 4.57 Å². The normalized spacial score (nSPS) is 19.9. The summed E-state index contributed by atoms with van der Waals surface area (Å²) in [4.78, 5) is 55.2. The van der Waals surface area contributed by atoms with Crippen molar-refractivity contribution < 1.29 is 22.8 Å². The highest BCUT2D eigenvalue weighted by Gasteiger charge is 2.56. The van der Waals surface area contributed by atoms with E-state index in [0.717, 1.165) is 33.1 Å². The molecule has 1 saturated heterocycles. The molecule has 3 aromatic carbocycles. The van der Waals surface area contributed by atoms with Crippen LogP contribution in [0.25, 0.3) is 0 Å². The summed E-state index contributed by atoms with van der Waals surface area (Å²) < 4.78 is 25.2. The first kappa shape index (κ1) is 28.6. The molecule has 0 radical (unpaired) electrons. The lowest BCUT2D eigenvalue weighted by Gasteiger charge is -2.30. The van der Waals surface area contributed by atoms with Crippen LogP contribution in [-0.2, 0) is 31.0 Å². The van der Waals surface area contributed by atoms with Gasteiger partial charge in [-0.1, -0.05) is 69.4 Å². The number of sulfonamides is 1. The maximum absolute atomic E-state index is 13.9. The number of nitrogens with zero attached hydrogens (tertiary/aromatic N) is 2. The average Bonchev–Trinajstić information content (AvgIpc) is 3.40. The van der Waals surface area contributed by atoms with Gasteiger partial charge in [0, 0.05) is 21.0 Å². The SMILES string of the molecule is NS(=O)(=O)c1ccc(NC(=O)Cn2c3c(sc2=O)[C@H](c2ccccc2)C2C(=O)N(c4ccc(Br)cc4)C(=O)C2S3)cc1. The number of benzene rings is 3. The van der Waals surface area contributed by atoms with Gasteiger partial charge in [-0.3, -0.25) is 23.7 Å². The molecule has 3 heterocycles. The fraction of sp³-hybridized carbons (Fsp3) is 0.143. The number of nitrogens with one attached hydrogen (secondary N) is 1. The number of carbonyl (C=O) groups excluding carboxylic acids is 3. The second-order valence-corrected chi connectivity index (χ2v) is 14.3. The molecule has 3 amide bonds. The number of rotatable bonds is 6. The molecular formula is C28H21BrN4O6S3. The molecule has 2 aliphatic heterocycles. The van der Waals surface area contributed by atoms with E-state index < -0.39 is 37.9 Å². The zero-order valence-corrected chi connectivity index (χ0v) is 25.5. The van der Waals surface area contributed by atoms with Crippen molar-refractivity contribution in [2.75, 3.05) is 10.2 Å². The van der Waals surface area contributed by atoms with Crippen molar-refractivity contribution in [3.63, 3.8) is 0 Å². The number of aromatic nitrogens is 1. The van der Waals surface area contributed by atoms with Crippen molar-refractivity contribution in [2.24, 2.45) is 11.1 Å². The van der Waals surface area contributed by atoms with Gasteiger partial charge in [0.05, 0.1) is 21.5 Å². The number of hydrogen-bond acceptors (Lipinski definition) is 8. The summed E-state index contributed by atoms with van der Waals surface area (Å²) in [6.45, 7) is -0.341. The first-order chi connectivity index (χ1) is 20.0. The van der Waals surface area contributed by atoms with Gasteiger partial charge in [-0.05, 0) is 54.1 Å². The number of nitrogens with two attached hydrogens (primary N) is 1. The number of anilines is 2. The monoisotopic (exact) mass is 684 g/mol. The van der Waals surface area contributed by atoms with Crippen molar-refractivity contribution >= 4 is 78.1 Å². The van der Waals surface area contributed by atoms with Gasteiger partial charge in [0.1, 0.15) is 11.8 Å². The molecule has 214 valence electrons. The Kier molecular flexibility index (Phi) is 7.43. The van der Waals surface area contributed by atoms with E-state index in [0.29, 0.717) is 21.3 Å². The highest BCUT2D eigenvalue weighted by Crippen LogP contribution is 2.53. The first-order valence-corrected chi connectivity index (χ1v) is 16.6. The Morgan fingerprint density at radius 2 is 1.60 bits per heavy atom. The first-order valence-electron chi connectivity index (χ1n) is 12.5. The van der Waals surface area contributed by atoms with Crippen LogP contribution in [0.15, 0.2) is 98.1 Å². The van der Waals surface area contributed by atoms with Crippen LogP contribution in [-0.4, -0.2) is 36.0 Å². The van der Waals surface area contributed by atoms with E-state index in [-0.39, 0.29) is 23.3 Å². The molecule has 6 rings (SSSR count). The van der Waals surface area contributed by atoms with E-state index in [1.165, 1.54) is 33.7 Å². The summed E-state index contributed by atoms with van der Waals surface area (Å²) in [5.74, 6) is -2.54. The second kappa shape index (κ2) is 10.9. The van der Waals surface area contributed by atoms with Gasteiger partial charge in [0.15, 0.2) is 0 Å². The molecule has 2 aliphatic rings. The van der Waals surface area contributed by atoms with Crippen molar-refractivity contribution in [3.8, 4) is 0 Å². The molecule has 3 atom stereocenters. The summed E-state index contributed by atoms with van der Waals surface area (Å²) in [5.41, 5.74) is 1.57. The molecule has 3 N–H and O–H groups in total. The standard InChI is InChI=1S/C28H21BrN4O6S3/c29-16-6-10-18(11-7-16)33-25(35)22-21(15-4-2-1-3-5-15)24-27(40-23(22)26(33)36)32(28(37)41-24)14-20(34)31-17-8-12-19(13-9-17)42(30,38)39/h1-13,21-23H,14H2,(H,31,34)(H2,30,38,39)/t21-,22?,23?/m1/s1. The van der Waals surface area contributed by atoms with Gasteiger partial charge in [-0.25, -0.2) is 18.5 Å². The van der Waals surface area contributed by atoms with E-state index in [9.17, 15) is 27.6 Å². The van der Waals surface area contributed by atoms with Crippen LogP contribution in [0, 0.1) is 5.92 Å². The fourth-order valence-corrected chi connectivity index (χ4v) is 8.74. The number of amides is 3. The third-order valence-electron chi connectivity index (χ3n) is 7.06. The van der Waals surface area contributed by atoms with Gasteiger partial charge >= 0.3 is 4.87 Å². The Bertz CT molecular complexity index is 1890. The van der Waals surface area contributed by atoms with Crippen LogP contribution in [0.4, 0.5) is 11.4 Å². The zero-order chi connectivity index (χ0) is 29.8. The summed E-state index contributed by atoms with van der Waals surface area (Å²) in [6, 6.07) is 21.5. The van der Waals surface area contributed by atoms with Crippen molar-refractivity contribution in [1.29, 1.82) is 0 Å². The van der Waals surface area contributed by atoms with Crippen LogP contribution in [0.1, 0.15) is 16.4 Å². The summed E-state index contributed by atoms with van der Waals surface area (Å²) in [6.07, 6.45) is 0. The fourth-order valence-electron chi connectivity index (χ4n) is 5.19. The van der Waals surface area contributed by atoms with E-state index in [2.05, 4.69) is 21.2 Å². The minimum atomic E-state index is -3.89. The zero-order valence-electron chi connectivity index (χ0n) is 21.5. The molecule has 0 bridgehead atoms. The van der Waals surface area contributed by atoms with Gasteiger partial charge in [-0.15, -0.1) is 0 Å². The van der Waals surface area contributed by atoms with Gasteiger partial charge < -0.3 is 5.32 Å². The second-order valence-electron chi connectivity index (χ2n) is 9.68. The van der Waals surface area contributed by atoms with Crippen LogP contribution in [0.3, 0.4) is 0 Å². The largest absolute Gasteiger partial charge is 0.325 e. The molecule has 14 heteroatoms. The summed E-state index contributed by atoms with van der Waals surface area (Å²) in [7, 11) is -3.89. The highest BCUT2D eigenvalue weighted by atomic mass is 79.9. The average molecular weight is 686 g/mol. The lowest BCUT2D eigenvalue weighted by molar-refractivity contribution is -0.122. The van der Waals surface area contributed by atoms with Crippen molar-refractivity contribution in [2.45, 2.75) is 27.6 Å². The number of imide groups is 1. The maximum Gasteiger partial charge on any atom is 0.308 e. The molecule has 0 spiro atoms. The Morgan fingerprint density at radius 1 is 0.929 bits per heavy atom. The minimum absolute atomic E-state index is 0.102. The number of primary sulfonamides is 1. The number of thioether (sulfide) groups is 1. The van der Waals surface area contributed by atoms with Crippen molar-refractivity contribution in [3.05, 3.63) is 103 Å². The molecule has 10 nitrogen and oxygen atoms in total. The molecule has 1 aromatic heterocycles. The summed E-state index contributed by atoms with van der Waals surface area (Å²) in [5, 5.41) is 7.46. The third-order valence-corrected chi connectivity index (χ3v) is 11.1. The number of fused-ring (bicyclic) bond motifs is 2. The Balaban J connectivity index is 1.35. The van der Waals surface area contributed by atoms with Gasteiger partial charge in [0.2, 0.25) is 27.7 Å².